The van der Waals surface area contributed by atoms with Crippen LogP contribution in [0.5, 0.6) is 0 Å². The molecule has 5 atom stereocenters. The van der Waals surface area contributed by atoms with Gasteiger partial charge in [0.25, 0.3) is 0 Å². The van der Waals surface area contributed by atoms with Crippen LogP contribution >= 0.6 is 0 Å². The zero-order chi connectivity index (χ0) is 16.9. The molecule has 1 fully saturated rings. The first-order valence-electron chi connectivity index (χ1n) is 7.01. The van der Waals surface area contributed by atoms with E-state index in [9.17, 15) is 14.7 Å². The number of aliphatic hydroxyl groups excluding tert-OH is 2. The summed E-state index contributed by atoms with van der Waals surface area (Å²) in [6.07, 6.45) is -2.79. The monoisotopic (exact) mass is 317 g/mol. The molecule has 0 saturated carbocycles. The van der Waals surface area contributed by atoms with Gasteiger partial charge in [0.05, 0.1) is 30.7 Å². The minimum atomic E-state index is -1.15. The van der Waals surface area contributed by atoms with Crippen LogP contribution in [0.3, 0.4) is 0 Å². The zero-order valence-corrected chi connectivity index (χ0v) is 12.4. The summed E-state index contributed by atoms with van der Waals surface area (Å²) < 4.78 is 5.45. The number of carboxylic acids is 1. The van der Waals surface area contributed by atoms with Gasteiger partial charge in [-0.15, -0.1) is 0 Å². The Labute approximate surface area is 128 Å². The van der Waals surface area contributed by atoms with Gasteiger partial charge in [-0.3, -0.25) is 10.2 Å². The molecule has 1 heterocycles. The second kappa shape index (κ2) is 8.06. The highest BCUT2D eigenvalue weighted by Crippen LogP contribution is 2.30. The van der Waals surface area contributed by atoms with Crippen molar-refractivity contribution >= 4 is 17.7 Å². The largest absolute Gasteiger partial charge is 0.479 e. The number of amidine groups is 1. The van der Waals surface area contributed by atoms with E-state index in [2.05, 4.69) is 5.32 Å². The molecule has 1 saturated heterocycles. The molecule has 0 aromatic heterocycles. The van der Waals surface area contributed by atoms with Crippen LogP contribution < -0.4 is 11.1 Å². The van der Waals surface area contributed by atoms with Crippen LogP contribution in [-0.4, -0.2) is 64.0 Å². The highest BCUT2D eigenvalue weighted by atomic mass is 16.5. The molecule has 0 spiro atoms. The summed E-state index contributed by atoms with van der Waals surface area (Å²) in [5.74, 6) is -2.00. The topological polar surface area (TPSA) is 166 Å². The number of carbonyl (C=O) groups is 2. The fraction of sp³-hybridized carbons (Fsp3) is 0.769. The van der Waals surface area contributed by atoms with Crippen molar-refractivity contribution in [2.45, 2.75) is 50.5 Å². The molecule has 0 aromatic carbocycles. The minimum absolute atomic E-state index is 0.0281. The van der Waals surface area contributed by atoms with Gasteiger partial charge in [-0.25, -0.2) is 4.79 Å². The summed E-state index contributed by atoms with van der Waals surface area (Å²) in [6.45, 7) is 0.815. The van der Waals surface area contributed by atoms with Crippen molar-refractivity contribution in [2.75, 3.05) is 6.61 Å². The van der Waals surface area contributed by atoms with Crippen molar-refractivity contribution in [1.29, 1.82) is 5.41 Å². The summed E-state index contributed by atoms with van der Waals surface area (Å²) in [7, 11) is 0. The van der Waals surface area contributed by atoms with Gasteiger partial charge in [0, 0.05) is 19.8 Å². The molecule has 0 bridgehead atoms. The molecule has 1 amide bonds. The molecule has 22 heavy (non-hydrogen) atoms. The Morgan fingerprint density at radius 2 is 2.14 bits per heavy atom. The number of carboxylic acid groups (broad SMARTS) is 1. The van der Waals surface area contributed by atoms with E-state index in [-0.39, 0.29) is 31.0 Å². The summed E-state index contributed by atoms with van der Waals surface area (Å²) in [4.78, 5) is 22.6. The third-order valence-electron chi connectivity index (χ3n) is 3.61. The molecular weight excluding hydrogens is 294 g/mol. The third-order valence-corrected chi connectivity index (χ3v) is 3.61. The van der Waals surface area contributed by atoms with Crippen LogP contribution in [0.2, 0.25) is 0 Å². The molecule has 7 N–H and O–H groups in total. The number of hydrogen-bond acceptors (Lipinski definition) is 6. The number of amides is 1. The molecule has 9 heteroatoms. The van der Waals surface area contributed by atoms with Gasteiger partial charge < -0.3 is 31.1 Å². The lowest BCUT2D eigenvalue weighted by Gasteiger charge is -2.41. The predicted octanol–water partition coefficient (Wildman–Crippen LogP) is -1.58. The summed E-state index contributed by atoms with van der Waals surface area (Å²) >= 11 is 0. The van der Waals surface area contributed by atoms with Crippen molar-refractivity contribution < 1.29 is 29.6 Å². The number of rotatable bonds is 7. The van der Waals surface area contributed by atoms with E-state index in [1.54, 1.807) is 0 Å². The lowest BCUT2D eigenvalue weighted by molar-refractivity contribution is -0.169. The maximum Gasteiger partial charge on any atom is 0.332 e. The second-order valence-corrected chi connectivity index (χ2v) is 5.52. The normalized spacial score (nSPS) is 29.6. The van der Waals surface area contributed by atoms with E-state index in [4.69, 9.17) is 26.1 Å². The first-order valence-corrected chi connectivity index (χ1v) is 7.01. The highest BCUT2D eigenvalue weighted by molar-refractivity contribution is 5.78. The predicted molar refractivity (Wildman–Crippen MR) is 76.2 cm³/mol. The van der Waals surface area contributed by atoms with E-state index in [1.165, 1.54) is 6.92 Å². The SMILES string of the molecule is CC(=O)N[C@@H]1[C@@H](CC(=N)N)C[C@H](C(=O)O)O[C@H]1C[C@H](O)CO. The first kappa shape index (κ1) is 18.3. The number of aliphatic hydroxyl groups is 2. The van der Waals surface area contributed by atoms with Crippen molar-refractivity contribution in [3.63, 3.8) is 0 Å². The molecule has 1 rings (SSSR count). The number of nitrogens with two attached hydrogens (primary N) is 1. The van der Waals surface area contributed by atoms with E-state index in [1.807, 2.05) is 0 Å². The Bertz CT molecular complexity index is 430. The molecule has 126 valence electrons. The number of ether oxygens (including phenoxy) is 1. The molecule has 9 nitrogen and oxygen atoms in total. The lowest BCUT2D eigenvalue weighted by atomic mass is 9.82. The summed E-state index contributed by atoms with van der Waals surface area (Å²) in [5.41, 5.74) is 5.40. The van der Waals surface area contributed by atoms with Crippen molar-refractivity contribution in [3.8, 4) is 0 Å². The molecule has 0 aliphatic carbocycles. The molecule has 0 unspecified atom stereocenters. The average molecular weight is 317 g/mol. The lowest BCUT2D eigenvalue weighted by Crippen LogP contribution is -2.57. The molecule has 0 aromatic rings. The third kappa shape index (κ3) is 5.24. The minimum Gasteiger partial charge on any atom is -0.479 e. The maximum atomic E-state index is 11.4. The molecular formula is C13H23N3O6. The Morgan fingerprint density at radius 1 is 1.50 bits per heavy atom. The summed E-state index contributed by atoms with van der Waals surface area (Å²) in [6, 6.07) is -0.585. The van der Waals surface area contributed by atoms with Crippen molar-refractivity contribution in [2.24, 2.45) is 11.7 Å². The standard InChI is InChI=1S/C13H23N3O6/c1-6(18)16-12-7(3-11(14)15)2-10(13(20)21)22-9(12)4-8(19)5-17/h7-10,12,17,19H,2-5H2,1H3,(H3,14,15)(H,16,18)(H,20,21)/t7-,8+,9+,10-,12-/m1/s1. The van der Waals surface area contributed by atoms with E-state index >= 15 is 0 Å². The Morgan fingerprint density at radius 3 is 2.59 bits per heavy atom. The van der Waals surface area contributed by atoms with Gasteiger partial charge in [-0.05, 0) is 12.3 Å². The van der Waals surface area contributed by atoms with Gasteiger partial charge in [0.2, 0.25) is 5.91 Å². The number of hydrogen-bond donors (Lipinski definition) is 6. The van der Waals surface area contributed by atoms with E-state index in [0.717, 1.165) is 0 Å². The fourth-order valence-corrected chi connectivity index (χ4v) is 2.72. The number of aliphatic carboxylic acids is 1. The number of nitrogens with one attached hydrogen (secondary N) is 2. The Hall–Kier alpha value is -1.71. The fourth-order valence-electron chi connectivity index (χ4n) is 2.72. The molecule has 1 aliphatic heterocycles. The van der Waals surface area contributed by atoms with Crippen LogP contribution in [0.25, 0.3) is 0 Å². The van der Waals surface area contributed by atoms with Crippen LogP contribution in [0.15, 0.2) is 0 Å². The van der Waals surface area contributed by atoms with Gasteiger partial charge in [0.1, 0.15) is 0 Å². The first-order chi connectivity index (χ1) is 10.2. The summed E-state index contributed by atoms with van der Waals surface area (Å²) in [5, 5.41) is 37.8. The molecule has 1 aliphatic rings. The Balaban J connectivity index is 2.99. The van der Waals surface area contributed by atoms with Crippen molar-refractivity contribution in [1.82, 2.24) is 5.32 Å². The quantitative estimate of drug-likeness (QED) is 0.243. The number of carbonyl (C=O) groups excluding carboxylic acids is 1. The maximum absolute atomic E-state index is 11.4. The molecule has 0 radical (unpaired) electrons. The zero-order valence-electron chi connectivity index (χ0n) is 12.4. The average Bonchev–Trinajstić information content (AvgIpc) is 2.40. The Kier molecular flexibility index (Phi) is 6.72. The van der Waals surface area contributed by atoms with Crippen LogP contribution in [0, 0.1) is 11.3 Å². The van der Waals surface area contributed by atoms with Gasteiger partial charge in [0.15, 0.2) is 6.10 Å². The van der Waals surface area contributed by atoms with Crippen LogP contribution in [-0.2, 0) is 14.3 Å². The van der Waals surface area contributed by atoms with Crippen LogP contribution in [0.4, 0.5) is 0 Å². The van der Waals surface area contributed by atoms with E-state index < -0.39 is 42.8 Å². The van der Waals surface area contributed by atoms with Gasteiger partial charge in [-0.1, -0.05) is 0 Å². The smallest absolute Gasteiger partial charge is 0.332 e. The second-order valence-electron chi connectivity index (χ2n) is 5.52. The van der Waals surface area contributed by atoms with Crippen LogP contribution in [0.1, 0.15) is 26.2 Å². The van der Waals surface area contributed by atoms with E-state index in [0.29, 0.717) is 0 Å². The van der Waals surface area contributed by atoms with Gasteiger partial charge in [-0.2, -0.15) is 0 Å². The van der Waals surface area contributed by atoms with Gasteiger partial charge >= 0.3 is 5.97 Å². The highest BCUT2D eigenvalue weighted by Gasteiger charge is 2.42. The van der Waals surface area contributed by atoms with Crippen molar-refractivity contribution in [3.05, 3.63) is 0 Å².